The van der Waals surface area contributed by atoms with E-state index in [9.17, 15) is 0 Å². The Kier molecular flexibility index (Phi) is 4.37. The summed E-state index contributed by atoms with van der Waals surface area (Å²) in [6, 6.07) is 19.1. The summed E-state index contributed by atoms with van der Waals surface area (Å²) in [5.74, 6) is 0. The largest absolute Gasteiger partial charge is 0.383 e. The molecule has 1 atom stereocenters. The Morgan fingerprint density at radius 2 is 1.67 bits per heavy atom. The topological polar surface area (TPSA) is 38.0 Å². The van der Waals surface area contributed by atoms with Crippen LogP contribution in [0.15, 0.2) is 54.6 Å². The normalized spacial score (nSPS) is 12.1. The van der Waals surface area contributed by atoms with E-state index in [2.05, 4.69) is 53.8 Å². The predicted octanol–water partition coefficient (Wildman–Crippen LogP) is 3.04. The van der Waals surface area contributed by atoms with E-state index < -0.39 is 0 Å². The summed E-state index contributed by atoms with van der Waals surface area (Å²) in [6.07, 6.45) is 0.947. The number of anilines is 1. The van der Waals surface area contributed by atoms with Gasteiger partial charge >= 0.3 is 0 Å². The lowest BCUT2D eigenvalue weighted by Gasteiger charge is -2.13. The lowest BCUT2D eigenvalue weighted by molar-refractivity contribution is 0.779. The molecular formula is C16H20N2. The molecule has 0 amide bonds. The zero-order chi connectivity index (χ0) is 12.8. The van der Waals surface area contributed by atoms with E-state index in [1.54, 1.807) is 0 Å². The minimum absolute atomic E-state index is 0.162. The maximum absolute atomic E-state index is 5.78. The molecule has 2 rings (SSSR count). The molecule has 0 heterocycles. The highest BCUT2D eigenvalue weighted by atomic mass is 14.9. The first-order valence-electron chi connectivity index (χ1n) is 6.37. The molecule has 2 nitrogen and oxygen atoms in total. The van der Waals surface area contributed by atoms with Crippen molar-refractivity contribution in [2.24, 2.45) is 5.73 Å². The number of rotatable bonds is 5. The van der Waals surface area contributed by atoms with Gasteiger partial charge < -0.3 is 11.1 Å². The molecule has 0 aromatic heterocycles. The molecule has 0 saturated carbocycles. The molecular weight excluding hydrogens is 220 g/mol. The molecule has 3 N–H and O–H groups in total. The number of nitrogens with two attached hydrogens (primary N) is 1. The Morgan fingerprint density at radius 3 is 2.39 bits per heavy atom. The Morgan fingerprint density at radius 1 is 1.00 bits per heavy atom. The first kappa shape index (κ1) is 12.7. The Bertz CT molecular complexity index is 477. The fraction of sp³-hybridized carbons (Fsp3) is 0.250. The summed E-state index contributed by atoms with van der Waals surface area (Å²) >= 11 is 0. The minimum atomic E-state index is 0.162. The van der Waals surface area contributed by atoms with Crippen LogP contribution in [0.25, 0.3) is 0 Å². The highest BCUT2D eigenvalue weighted by Crippen LogP contribution is 2.18. The number of hydrogen-bond donors (Lipinski definition) is 2. The van der Waals surface area contributed by atoms with Gasteiger partial charge in [0.05, 0.1) is 0 Å². The SMILES string of the molecule is C[C@H](N)CNc1ccccc1Cc1ccccc1. The fourth-order valence-electron chi connectivity index (χ4n) is 1.93. The Labute approximate surface area is 109 Å². The highest BCUT2D eigenvalue weighted by molar-refractivity contribution is 5.52. The third-order valence-corrected chi connectivity index (χ3v) is 2.87. The van der Waals surface area contributed by atoms with Crippen LogP contribution in [-0.2, 0) is 6.42 Å². The van der Waals surface area contributed by atoms with Gasteiger partial charge in [0.25, 0.3) is 0 Å². The second kappa shape index (κ2) is 6.22. The standard InChI is InChI=1S/C16H20N2/c1-13(17)12-18-16-10-6-5-9-15(16)11-14-7-3-2-4-8-14/h2-10,13,18H,11-12,17H2,1H3/t13-/m0/s1. The first-order valence-corrected chi connectivity index (χ1v) is 6.37. The molecule has 2 heteroatoms. The predicted molar refractivity (Wildman–Crippen MR) is 77.8 cm³/mol. The van der Waals surface area contributed by atoms with Gasteiger partial charge in [-0.1, -0.05) is 48.5 Å². The molecule has 0 aliphatic rings. The lowest BCUT2D eigenvalue weighted by atomic mass is 10.0. The van der Waals surface area contributed by atoms with Crippen LogP contribution in [0.4, 0.5) is 5.69 Å². The van der Waals surface area contributed by atoms with Gasteiger partial charge in [-0.25, -0.2) is 0 Å². The maximum Gasteiger partial charge on any atom is 0.0376 e. The molecule has 2 aromatic carbocycles. The summed E-state index contributed by atoms with van der Waals surface area (Å²) < 4.78 is 0. The third kappa shape index (κ3) is 3.60. The quantitative estimate of drug-likeness (QED) is 0.843. The Balaban J connectivity index is 2.12. The molecule has 0 fully saturated rings. The van der Waals surface area contributed by atoms with E-state index in [-0.39, 0.29) is 6.04 Å². The minimum Gasteiger partial charge on any atom is -0.383 e. The van der Waals surface area contributed by atoms with E-state index in [4.69, 9.17) is 5.73 Å². The number of nitrogens with one attached hydrogen (secondary N) is 1. The van der Waals surface area contributed by atoms with Gasteiger partial charge in [-0.05, 0) is 30.5 Å². The summed E-state index contributed by atoms with van der Waals surface area (Å²) in [4.78, 5) is 0. The zero-order valence-electron chi connectivity index (χ0n) is 10.8. The highest BCUT2D eigenvalue weighted by Gasteiger charge is 2.03. The van der Waals surface area contributed by atoms with Crippen molar-refractivity contribution in [2.45, 2.75) is 19.4 Å². The van der Waals surface area contributed by atoms with Crippen LogP contribution >= 0.6 is 0 Å². The zero-order valence-corrected chi connectivity index (χ0v) is 10.8. The molecule has 0 saturated heterocycles. The average Bonchev–Trinajstić information content (AvgIpc) is 2.39. The van der Waals surface area contributed by atoms with E-state index in [0.29, 0.717) is 0 Å². The van der Waals surface area contributed by atoms with Gasteiger partial charge in [-0.15, -0.1) is 0 Å². The van der Waals surface area contributed by atoms with E-state index in [1.165, 1.54) is 16.8 Å². The van der Waals surface area contributed by atoms with Crippen LogP contribution in [0.2, 0.25) is 0 Å². The van der Waals surface area contributed by atoms with Crippen molar-refractivity contribution in [1.29, 1.82) is 0 Å². The van der Waals surface area contributed by atoms with Gasteiger partial charge in [-0.2, -0.15) is 0 Å². The fourth-order valence-corrected chi connectivity index (χ4v) is 1.93. The first-order chi connectivity index (χ1) is 8.75. The monoisotopic (exact) mass is 240 g/mol. The van der Waals surface area contributed by atoms with Crippen LogP contribution in [-0.4, -0.2) is 12.6 Å². The van der Waals surface area contributed by atoms with Crippen LogP contribution in [0, 0.1) is 0 Å². The summed E-state index contributed by atoms with van der Waals surface area (Å²) in [5, 5.41) is 3.41. The number of para-hydroxylation sites is 1. The van der Waals surface area contributed by atoms with Crippen LogP contribution in [0.3, 0.4) is 0 Å². The van der Waals surface area contributed by atoms with Gasteiger partial charge in [-0.3, -0.25) is 0 Å². The molecule has 0 bridgehead atoms. The third-order valence-electron chi connectivity index (χ3n) is 2.87. The molecule has 0 aliphatic carbocycles. The molecule has 0 spiro atoms. The van der Waals surface area contributed by atoms with Gasteiger partial charge in [0.1, 0.15) is 0 Å². The van der Waals surface area contributed by atoms with Crippen molar-refractivity contribution in [3.8, 4) is 0 Å². The van der Waals surface area contributed by atoms with Gasteiger partial charge in [0.2, 0.25) is 0 Å². The molecule has 0 radical (unpaired) electrons. The van der Waals surface area contributed by atoms with E-state index in [1.807, 2.05) is 13.0 Å². The summed E-state index contributed by atoms with van der Waals surface area (Å²) in [5.41, 5.74) is 9.60. The summed E-state index contributed by atoms with van der Waals surface area (Å²) in [6.45, 7) is 2.80. The molecule has 18 heavy (non-hydrogen) atoms. The molecule has 94 valence electrons. The van der Waals surface area contributed by atoms with E-state index in [0.717, 1.165) is 13.0 Å². The summed E-state index contributed by atoms with van der Waals surface area (Å²) in [7, 11) is 0. The Hall–Kier alpha value is -1.80. The number of benzene rings is 2. The van der Waals surface area contributed by atoms with Crippen molar-refractivity contribution in [3.63, 3.8) is 0 Å². The maximum atomic E-state index is 5.78. The smallest absolute Gasteiger partial charge is 0.0376 e. The van der Waals surface area contributed by atoms with Crippen molar-refractivity contribution in [1.82, 2.24) is 0 Å². The molecule has 0 aliphatic heterocycles. The van der Waals surface area contributed by atoms with Crippen molar-refractivity contribution in [2.75, 3.05) is 11.9 Å². The average molecular weight is 240 g/mol. The van der Waals surface area contributed by atoms with Crippen molar-refractivity contribution < 1.29 is 0 Å². The van der Waals surface area contributed by atoms with Crippen LogP contribution < -0.4 is 11.1 Å². The van der Waals surface area contributed by atoms with Crippen LogP contribution in [0.5, 0.6) is 0 Å². The van der Waals surface area contributed by atoms with Crippen LogP contribution in [0.1, 0.15) is 18.1 Å². The second-order valence-corrected chi connectivity index (χ2v) is 4.68. The molecule has 2 aromatic rings. The van der Waals surface area contributed by atoms with Gasteiger partial charge in [0.15, 0.2) is 0 Å². The van der Waals surface area contributed by atoms with Crippen molar-refractivity contribution >= 4 is 5.69 Å². The van der Waals surface area contributed by atoms with Gasteiger partial charge in [0, 0.05) is 18.3 Å². The van der Waals surface area contributed by atoms with E-state index >= 15 is 0 Å². The molecule has 0 unspecified atom stereocenters. The lowest BCUT2D eigenvalue weighted by Crippen LogP contribution is -2.25. The van der Waals surface area contributed by atoms with Crippen molar-refractivity contribution in [3.05, 3.63) is 65.7 Å². The second-order valence-electron chi connectivity index (χ2n) is 4.68. The number of hydrogen-bond acceptors (Lipinski definition) is 2.